The van der Waals surface area contributed by atoms with Gasteiger partial charge in [-0.15, -0.1) is 0 Å². The van der Waals surface area contributed by atoms with E-state index in [2.05, 4.69) is 0 Å². The topological polar surface area (TPSA) is 77.5 Å². The molecule has 8 nitrogen and oxygen atoms in total. The van der Waals surface area contributed by atoms with Crippen LogP contribution in [0.4, 0.5) is 41.6 Å². The number of benzene rings is 2. The number of rotatable bonds is 4. The van der Waals surface area contributed by atoms with Gasteiger partial charge in [0.2, 0.25) is 6.79 Å². The van der Waals surface area contributed by atoms with Gasteiger partial charge in [0, 0.05) is 24.2 Å². The summed E-state index contributed by atoms with van der Waals surface area (Å²) < 4.78 is 102. The lowest BCUT2D eigenvalue weighted by Crippen LogP contribution is -2.47. The molecule has 0 spiro atoms. The Morgan fingerprint density at radius 2 is 1.59 bits per heavy atom. The molecule has 212 valence electrons. The third kappa shape index (κ3) is 5.64. The van der Waals surface area contributed by atoms with E-state index in [0.29, 0.717) is 29.2 Å². The van der Waals surface area contributed by atoms with Crippen molar-refractivity contribution >= 4 is 17.9 Å². The van der Waals surface area contributed by atoms with E-state index in [-0.39, 0.29) is 31.6 Å². The first kappa shape index (κ1) is 28.2. The molecule has 0 saturated heterocycles. The fraction of sp³-hybridized carbons (Fsp3) is 0.440. The minimum absolute atomic E-state index is 0.0157. The molecular weight excluding hydrogens is 538 g/mol. The van der Waals surface area contributed by atoms with Crippen LogP contribution in [-0.2, 0) is 28.4 Å². The van der Waals surface area contributed by atoms with Gasteiger partial charge >= 0.3 is 24.5 Å². The highest BCUT2D eigenvalue weighted by Crippen LogP contribution is 2.48. The van der Waals surface area contributed by atoms with Crippen molar-refractivity contribution in [1.29, 1.82) is 0 Å². The lowest BCUT2D eigenvalue weighted by molar-refractivity contribution is -0.143. The van der Waals surface area contributed by atoms with Gasteiger partial charge in [-0.3, -0.25) is 9.80 Å². The molecule has 0 aromatic heterocycles. The van der Waals surface area contributed by atoms with Crippen LogP contribution in [0.15, 0.2) is 30.3 Å². The number of fused-ring (bicyclic) bond motifs is 2. The summed E-state index contributed by atoms with van der Waals surface area (Å²) in [5.74, 6) is 0.605. The highest BCUT2D eigenvalue weighted by Gasteiger charge is 2.42. The summed E-state index contributed by atoms with van der Waals surface area (Å²) in [4.78, 5) is 28.1. The number of ether oxygens (including phenoxy) is 4. The molecule has 2 heterocycles. The minimum Gasteiger partial charge on any atom is -0.454 e. The predicted molar refractivity (Wildman–Crippen MR) is 123 cm³/mol. The summed E-state index contributed by atoms with van der Waals surface area (Å²) >= 11 is 0. The quantitative estimate of drug-likeness (QED) is 0.395. The maximum Gasteiger partial charge on any atom is 0.416 e. The Bertz CT molecular complexity index is 1230. The van der Waals surface area contributed by atoms with Crippen molar-refractivity contribution in [3.8, 4) is 11.5 Å². The van der Waals surface area contributed by atoms with Gasteiger partial charge in [-0.1, -0.05) is 0 Å². The third-order valence-electron chi connectivity index (χ3n) is 6.40. The van der Waals surface area contributed by atoms with Crippen molar-refractivity contribution in [2.75, 3.05) is 25.4 Å². The summed E-state index contributed by atoms with van der Waals surface area (Å²) in [5, 5.41) is 0. The van der Waals surface area contributed by atoms with Gasteiger partial charge in [0.1, 0.15) is 0 Å². The first-order valence-corrected chi connectivity index (χ1v) is 11.8. The number of hydrogen-bond acceptors (Lipinski definition) is 6. The lowest BCUT2D eigenvalue weighted by atomic mass is 9.90. The second kappa shape index (κ2) is 10.4. The summed E-state index contributed by atoms with van der Waals surface area (Å²) in [6, 6.07) is 2.64. The van der Waals surface area contributed by atoms with Crippen LogP contribution in [0.25, 0.3) is 0 Å². The van der Waals surface area contributed by atoms with Crippen molar-refractivity contribution in [2.45, 2.75) is 51.2 Å². The van der Waals surface area contributed by atoms with Crippen LogP contribution < -0.4 is 14.4 Å². The molecule has 0 radical (unpaired) electrons. The van der Waals surface area contributed by atoms with Crippen LogP contribution in [0.3, 0.4) is 0 Å². The smallest absolute Gasteiger partial charge is 0.416 e. The number of amides is 2. The number of alkyl halides is 6. The van der Waals surface area contributed by atoms with E-state index in [1.54, 1.807) is 13.8 Å². The number of nitrogens with zero attached hydrogens (tertiary/aromatic N) is 2. The Morgan fingerprint density at radius 1 is 1.00 bits per heavy atom. The summed E-state index contributed by atoms with van der Waals surface area (Å²) in [7, 11) is 1.04. The summed E-state index contributed by atoms with van der Waals surface area (Å²) in [6.45, 7) is 2.61. The normalized spacial score (nSPS) is 18.4. The molecule has 0 fully saturated rings. The maximum atomic E-state index is 13.5. The van der Waals surface area contributed by atoms with Gasteiger partial charge in [-0.2, -0.15) is 26.3 Å². The molecule has 2 aromatic carbocycles. The van der Waals surface area contributed by atoms with Crippen molar-refractivity contribution < 1.29 is 54.9 Å². The van der Waals surface area contributed by atoms with E-state index < -0.39 is 59.9 Å². The van der Waals surface area contributed by atoms with E-state index in [1.165, 1.54) is 17.0 Å². The van der Waals surface area contributed by atoms with Gasteiger partial charge in [0.05, 0.1) is 36.6 Å². The zero-order chi connectivity index (χ0) is 28.7. The van der Waals surface area contributed by atoms with Crippen molar-refractivity contribution in [3.05, 3.63) is 52.6 Å². The molecular formula is C25H24F6N2O6. The van der Waals surface area contributed by atoms with Crippen molar-refractivity contribution in [2.24, 2.45) is 0 Å². The molecule has 0 unspecified atom stereocenters. The molecule has 0 aliphatic carbocycles. The van der Waals surface area contributed by atoms with Crippen LogP contribution >= 0.6 is 0 Å². The number of carbonyl (C=O) groups is 2. The highest BCUT2D eigenvalue weighted by molar-refractivity contribution is 5.91. The molecule has 2 aromatic rings. The predicted octanol–water partition coefficient (Wildman–Crippen LogP) is 6.52. The number of anilines is 1. The fourth-order valence-electron chi connectivity index (χ4n) is 4.71. The van der Waals surface area contributed by atoms with E-state index in [9.17, 15) is 35.9 Å². The van der Waals surface area contributed by atoms with Gasteiger partial charge in [0.15, 0.2) is 11.5 Å². The SMILES string of the molecule is CCOC(=O)N1c2cc3c(cc2[C@@H](N(Cc2cc(C(F)(F)F)cc(C(F)(F)F)c2)C(=O)OC)C[C@H]1C)OCO3. The first-order valence-electron chi connectivity index (χ1n) is 11.8. The zero-order valence-electron chi connectivity index (χ0n) is 21.0. The molecule has 0 N–H and O–H groups in total. The monoisotopic (exact) mass is 562 g/mol. The standard InChI is InChI=1S/C25H24F6N2O6/c1-4-37-23(35)33-13(2)5-18(17-9-20-21(10-19(17)33)39-12-38-20)32(22(34)36-3)11-14-6-15(24(26,27)28)8-16(7-14)25(29,30)31/h6-10,13,18H,4-5,11-12H2,1-3H3/t13-,18+/m1/s1. The number of carbonyl (C=O) groups excluding carboxylic acids is 2. The molecule has 0 bridgehead atoms. The Hall–Kier alpha value is -3.84. The van der Waals surface area contributed by atoms with Crippen LogP contribution in [0, 0.1) is 0 Å². The van der Waals surface area contributed by atoms with Crippen molar-refractivity contribution in [1.82, 2.24) is 4.90 Å². The van der Waals surface area contributed by atoms with Crippen LogP contribution in [0.2, 0.25) is 0 Å². The maximum absolute atomic E-state index is 13.5. The van der Waals surface area contributed by atoms with Gasteiger partial charge in [-0.25, -0.2) is 9.59 Å². The summed E-state index contributed by atoms with van der Waals surface area (Å²) in [5.41, 5.74) is -2.79. The second-order valence-electron chi connectivity index (χ2n) is 8.95. The van der Waals surface area contributed by atoms with Gasteiger partial charge < -0.3 is 18.9 Å². The van der Waals surface area contributed by atoms with E-state index in [0.717, 1.165) is 12.0 Å². The average molecular weight is 562 g/mol. The Labute approximate surface area is 219 Å². The fourth-order valence-corrected chi connectivity index (χ4v) is 4.71. The van der Waals surface area contributed by atoms with Gasteiger partial charge in [0.25, 0.3) is 0 Å². The number of hydrogen-bond donors (Lipinski definition) is 0. The van der Waals surface area contributed by atoms with E-state index >= 15 is 0 Å². The second-order valence-corrected chi connectivity index (χ2v) is 8.95. The number of methoxy groups -OCH3 is 1. The number of halogens is 6. The van der Waals surface area contributed by atoms with Crippen LogP contribution in [-0.4, -0.2) is 43.6 Å². The molecule has 2 atom stereocenters. The molecule has 4 rings (SSSR count). The van der Waals surface area contributed by atoms with E-state index in [1.807, 2.05) is 0 Å². The molecule has 0 saturated carbocycles. The molecule has 39 heavy (non-hydrogen) atoms. The highest BCUT2D eigenvalue weighted by atomic mass is 19.4. The zero-order valence-corrected chi connectivity index (χ0v) is 21.0. The van der Waals surface area contributed by atoms with Crippen LogP contribution in [0.1, 0.15) is 48.6 Å². The molecule has 2 aliphatic rings. The van der Waals surface area contributed by atoms with Crippen LogP contribution in [0.5, 0.6) is 11.5 Å². The summed E-state index contributed by atoms with van der Waals surface area (Å²) in [6.07, 6.45) is -11.7. The molecule has 2 aliphatic heterocycles. The molecule has 14 heteroatoms. The minimum atomic E-state index is -5.06. The average Bonchev–Trinajstić information content (AvgIpc) is 3.31. The van der Waals surface area contributed by atoms with Crippen molar-refractivity contribution in [3.63, 3.8) is 0 Å². The van der Waals surface area contributed by atoms with E-state index in [4.69, 9.17) is 18.9 Å². The lowest BCUT2D eigenvalue weighted by Gasteiger charge is -2.42. The third-order valence-corrected chi connectivity index (χ3v) is 6.40. The van der Waals surface area contributed by atoms with Gasteiger partial charge in [-0.05, 0) is 50.1 Å². The Kier molecular flexibility index (Phi) is 7.50. The molecule has 2 amide bonds. The Balaban J connectivity index is 1.83. The largest absolute Gasteiger partial charge is 0.454 e. The Morgan fingerprint density at radius 3 is 2.13 bits per heavy atom. The first-order chi connectivity index (χ1) is 18.2.